The maximum atomic E-state index is 14.0. The van der Waals surface area contributed by atoms with E-state index in [9.17, 15) is 14.3 Å². The summed E-state index contributed by atoms with van der Waals surface area (Å²) in [5.74, 6) is -1.35. The summed E-state index contributed by atoms with van der Waals surface area (Å²) in [7, 11) is 0. The van der Waals surface area contributed by atoms with Gasteiger partial charge < -0.3 is 14.9 Å². The van der Waals surface area contributed by atoms with E-state index < -0.39 is 29.5 Å². The largest absolute Gasteiger partial charge is 0.507 e. The van der Waals surface area contributed by atoms with E-state index >= 15 is 0 Å². The molecule has 0 aliphatic heterocycles. The Balaban J connectivity index is 2.28. The van der Waals surface area contributed by atoms with Gasteiger partial charge in [-0.1, -0.05) is 6.92 Å². The summed E-state index contributed by atoms with van der Waals surface area (Å²) in [5, 5.41) is 18.8. The fourth-order valence-corrected chi connectivity index (χ4v) is 2.03. The lowest BCUT2D eigenvalue weighted by Gasteiger charge is -2.09. The molecule has 0 unspecified atom stereocenters. The quantitative estimate of drug-likeness (QED) is 0.805. The fraction of sp³-hybridized carbons (Fsp3) is 0.235. The van der Waals surface area contributed by atoms with E-state index in [0.29, 0.717) is 12.4 Å². The molecule has 5 heteroatoms. The Labute approximate surface area is 127 Å². The standard InChI is InChI=1S/C17H17FO4/c1-2-7-22-13-5-3-12(4-6-13)17(21)16-14(18)8-11(10-19)9-15(16)20/h3-6,8-9,19-20H,2,7,10H2,1H3. The first kappa shape index (κ1) is 16.0. The second-order valence-corrected chi connectivity index (χ2v) is 4.83. The van der Waals surface area contributed by atoms with Gasteiger partial charge in [0.05, 0.1) is 18.8 Å². The summed E-state index contributed by atoms with van der Waals surface area (Å²) in [6.45, 7) is 2.15. The third-order valence-corrected chi connectivity index (χ3v) is 3.13. The van der Waals surface area contributed by atoms with Crippen LogP contribution in [0.5, 0.6) is 11.5 Å². The molecule has 0 atom stereocenters. The van der Waals surface area contributed by atoms with E-state index in [1.807, 2.05) is 6.92 Å². The minimum absolute atomic E-state index is 0.204. The first-order valence-corrected chi connectivity index (χ1v) is 6.96. The molecule has 2 rings (SSSR count). The van der Waals surface area contributed by atoms with Gasteiger partial charge in [-0.15, -0.1) is 0 Å². The van der Waals surface area contributed by atoms with Crippen LogP contribution in [0.15, 0.2) is 36.4 Å². The number of carbonyl (C=O) groups is 1. The summed E-state index contributed by atoms with van der Waals surface area (Å²) in [6.07, 6.45) is 0.872. The Morgan fingerprint density at radius 2 is 1.91 bits per heavy atom. The molecule has 0 fully saturated rings. The van der Waals surface area contributed by atoms with Crippen LogP contribution in [0, 0.1) is 5.82 Å². The van der Waals surface area contributed by atoms with Crippen LogP contribution in [-0.2, 0) is 6.61 Å². The number of rotatable bonds is 6. The average Bonchev–Trinajstić information content (AvgIpc) is 2.52. The molecular formula is C17H17FO4. The van der Waals surface area contributed by atoms with Crippen LogP contribution in [0.25, 0.3) is 0 Å². The fourth-order valence-electron chi connectivity index (χ4n) is 2.03. The van der Waals surface area contributed by atoms with Crippen molar-refractivity contribution in [3.05, 3.63) is 58.9 Å². The van der Waals surface area contributed by atoms with E-state index in [-0.39, 0.29) is 11.1 Å². The Bertz CT molecular complexity index is 642. The van der Waals surface area contributed by atoms with E-state index in [1.54, 1.807) is 12.1 Å². The molecule has 0 aliphatic carbocycles. The molecule has 0 bridgehead atoms. The van der Waals surface area contributed by atoms with Crippen molar-refractivity contribution in [3.63, 3.8) is 0 Å². The lowest BCUT2D eigenvalue weighted by molar-refractivity contribution is 0.103. The number of ketones is 1. The first-order valence-electron chi connectivity index (χ1n) is 6.96. The number of hydrogen-bond donors (Lipinski definition) is 2. The number of carbonyl (C=O) groups excluding carboxylic acids is 1. The predicted molar refractivity (Wildman–Crippen MR) is 79.6 cm³/mol. The minimum Gasteiger partial charge on any atom is -0.507 e. The predicted octanol–water partition coefficient (Wildman–Crippen LogP) is 3.04. The van der Waals surface area contributed by atoms with E-state index in [2.05, 4.69) is 0 Å². The molecule has 0 aliphatic rings. The average molecular weight is 304 g/mol. The summed E-state index contributed by atoms with van der Waals surface area (Å²) in [6, 6.07) is 8.50. The number of ether oxygens (including phenoxy) is 1. The maximum absolute atomic E-state index is 14.0. The number of phenolic OH excluding ortho intramolecular Hbond substituents is 1. The molecule has 22 heavy (non-hydrogen) atoms. The molecular weight excluding hydrogens is 287 g/mol. The zero-order valence-corrected chi connectivity index (χ0v) is 12.2. The highest BCUT2D eigenvalue weighted by molar-refractivity contribution is 6.10. The minimum atomic E-state index is -0.861. The highest BCUT2D eigenvalue weighted by atomic mass is 19.1. The topological polar surface area (TPSA) is 66.8 Å². The Morgan fingerprint density at radius 3 is 2.45 bits per heavy atom. The third-order valence-electron chi connectivity index (χ3n) is 3.13. The summed E-state index contributed by atoms with van der Waals surface area (Å²) in [4.78, 5) is 12.3. The molecule has 2 aromatic rings. The van der Waals surface area contributed by atoms with Crippen LogP contribution in [-0.4, -0.2) is 22.6 Å². The molecule has 0 aromatic heterocycles. The van der Waals surface area contributed by atoms with Crippen molar-refractivity contribution in [3.8, 4) is 11.5 Å². The van der Waals surface area contributed by atoms with Crippen LogP contribution in [0.3, 0.4) is 0 Å². The highest BCUT2D eigenvalue weighted by Crippen LogP contribution is 2.26. The number of benzene rings is 2. The van der Waals surface area contributed by atoms with Crippen LogP contribution in [0.2, 0.25) is 0 Å². The Kier molecular flexibility index (Phi) is 5.12. The van der Waals surface area contributed by atoms with Crippen LogP contribution in [0.4, 0.5) is 4.39 Å². The van der Waals surface area contributed by atoms with Gasteiger partial charge in [0.25, 0.3) is 0 Å². The number of aromatic hydroxyl groups is 1. The molecule has 0 radical (unpaired) electrons. The molecule has 0 saturated carbocycles. The van der Waals surface area contributed by atoms with Gasteiger partial charge in [-0.05, 0) is 48.4 Å². The molecule has 0 heterocycles. The number of aliphatic hydroxyl groups is 1. The second-order valence-electron chi connectivity index (χ2n) is 4.83. The van der Waals surface area contributed by atoms with E-state index in [4.69, 9.17) is 9.84 Å². The zero-order valence-electron chi connectivity index (χ0n) is 12.2. The van der Waals surface area contributed by atoms with Crippen molar-refractivity contribution in [2.75, 3.05) is 6.61 Å². The monoisotopic (exact) mass is 304 g/mol. The smallest absolute Gasteiger partial charge is 0.199 e. The van der Waals surface area contributed by atoms with Crippen molar-refractivity contribution in [2.45, 2.75) is 20.0 Å². The normalized spacial score (nSPS) is 10.5. The Hall–Kier alpha value is -2.40. The van der Waals surface area contributed by atoms with Gasteiger partial charge in [-0.25, -0.2) is 4.39 Å². The van der Waals surface area contributed by atoms with Gasteiger partial charge in [0.1, 0.15) is 17.3 Å². The van der Waals surface area contributed by atoms with Gasteiger partial charge in [-0.2, -0.15) is 0 Å². The molecule has 0 spiro atoms. The van der Waals surface area contributed by atoms with Gasteiger partial charge in [0.2, 0.25) is 0 Å². The lowest BCUT2D eigenvalue weighted by Crippen LogP contribution is -2.06. The summed E-state index contributed by atoms with van der Waals surface area (Å²) < 4.78 is 19.4. The van der Waals surface area contributed by atoms with E-state index in [0.717, 1.165) is 12.5 Å². The number of phenols is 1. The van der Waals surface area contributed by atoms with Crippen LogP contribution < -0.4 is 4.74 Å². The number of aliphatic hydroxyl groups excluding tert-OH is 1. The van der Waals surface area contributed by atoms with Gasteiger partial charge >= 0.3 is 0 Å². The second kappa shape index (κ2) is 7.04. The third kappa shape index (κ3) is 3.43. The summed E-state index contributed by atoms with van der Waals surface area (Å²) >= 11 is 0. The van der Waals surface area contributed by atoms with E-state index in [1.165, 1.54) is 18.2 Å². The SMILES string of the molecule is CCCOc1ccc(C(=O)c2c(O)cc(CO)cc2F)cc1. The van der Waals surface area contributed by atoms with Crippen molar-refractivity contribution >= 4 is 5.78 Å². The lowest BCUT2D eigenvalue weighted by atomic mass is 10.00. The first-order chi connectivity index (χ1) is 10.6. The highest BCUT2D eigenvalue weighted by Gasteiger charge is 2.19. The van der Waals surface area contributed by atoms with Gasteiger partial charge in [-0.3, -0.25) is 4.79 Å². The molecule has 0 saturated heterocycles. The van der Waals surface area contributed by atoms with Crippen LogP contribution >= 0.6 is 0 Å². The summed E-state index contributed by atoms with van der Waals surface area (Å²) in [5.41, 5.74) is 0.0455. The number of halogens is 1. The van der Waals surface area contributed by atoms with Crippen molar-refractivity contribution in [1.29, 1.82) is 0 Å². The Morgan fingerprint density at radius 1 is 1.23 bits per heavy atom. The number of hydrogen-bond acceptors (Lipinski definition) is 4. The van der Waals surface area contributed by atoms with Gasteiger partial charge in [0.15, 0.2) is 5.78 Å². The van der Waals surface area contributed by atoms with Crippen LogP contribution in [0.1, 0.15) is 34.8 Å². The van der Waals surface area contributed by atoms with Crippen molar-refractivity contribution < 1.29 is 24.1 Å². The maximum Gasteiger partial charge on any atom is 0.199 e. The molecule has 0 amide bonds. The van der Waals surface area contributed by atoms with Crippen molar-refractivity contribution in [2.24, 2.45) is 0 Å². The molecule has 116 valence electrons. The zero-order chi connectivity index (χ0) is 16.1. The molecule has 4 nitrogen and oxygen atoms in total. The van der Waals surface area contributed by atoms with Gasteiger partial charge in [0, 0.05) is 5.56 Å². The van der Waals surface area contributed by atoms with Crippen molar-refractivity contribution in [1.82, 2.24) is 0 Å². The molecule has 2 N–H and O–H groups in total. The molecule has 2 aromatic carbocycles.